The van der Waals surface area contributed by atoms with Crippen molar-refractivity contribution in [1.82, 2.24) is 10.3 Å². The molecule has 0 amide bonds. The molecule has 0 saturated heterocycles. The molecule has 0 spiro atoms. The Balaban J connectivity index is 1.83. The fourth-order valence-corrected chi connectivity index (χ4v) is 3.41. The van der Waals surface area contributed by atoms with Crippen LogP contribution in [0.5, 0.6) is 0 Å². The van der Waals surface area contributed by atoms with Crippen LogP contribution in [0.4, 0.5) is 0 Å². The summed E-state index contributed by atoms with van der Waals surface area (Å²) in [6.45, 7) is 2.37. The fourth-order valence-electron chi connectivity index (χ4n) is 3.41. The van der Waals surface area contributed by atoms with Crippen LogP contribution in [0.1, 0.15) is 49.8 Å². The zero-order chi connectivity index (χ0) is 14.5. The molecule has 1 N–H and O–H groups in total. The van der Waals surface area contributed by atoms with Crippen LogP contribution in [0.2, 0.25) is 0 Å². The molecule has 2 heteroatoms. The van der Waals surface area contributed by atoms with Crippen molar-refractivity contribution in [2.45, 2.75) is 44.7 Å². The number of pyridine rings is 1. The number of rotatable bonds is 4. The van der Waals surface area contributed by atoms with Crippen LogP contribution in [0.3, 0.4) is 0 Å². The van der Waals surface area contributed by atoms with Gasteiger partial charge in [0.25, 0.3) is 0 Å². The van der Waals surface area contributed by atoms with E-state index in [0.717, 1.165) is 5.92 Å². The summed E-state index contributed by atoms with van der Waals surface area (Å²) in [6.07, 6.45) is 9.07. The van der Waals surface area contributed by atoms with Gasteiger partial charge in [-0.25, -0.2) is 0 Å². The van der Waals surface area contributed by atoms with Gasteiger partial charge < -0.3 is 5.32 Å². The molecule has 0 radical (unpaired) electrons. The van der Waals surface area contributed by atoms with Gasteiger partial charge in [-0.15, -0.1) is 0 Å². The highest BCUT2D eigenvalue weighted by atomic mass is 15.0. The number of hydrogen-bond acceptors (Lipinski definition) is 2. The van der Waals surface area contributed by atoms with Crippen LogP contribution < -0.4 is 5.32 Å². The molecule has 3 atom stereocenters. The van der Waals surface area contributed by atoms with Crippen molar-refractivity contribution in [3.63, 3.8) is 0 Å². The molecule has 1 fully saturated rings. The predicted molar refractivity (Wildman–Crippen MR) is 87.1 cm³/mol. The third-order valence-electron chi connectivity index (χ3n) is 4.51. The van der Waals surface area contributed by atoms with E-state index in [1.807, 2.05) is 12.4 Å². The summed E-state index contributed by atoms with van der Waals surface area (Å²) in [5.41, 5.74) is 2.64. The zero-order valence-electron chi connectivity index (χ0n) is 12.7. The van der Waals surface area contributed by atoms with Crippen LogP contribution >= 0.6 is 0 Å². The van der Waals surface area contributed by atoms with Crippen molar-refractivity contribution < 1.29 is 0 Å². The van der Waals surface area contributed by atoms with E-state index in [4.69, 9.17) is 0 Å². The lowest BCUT2D eigenvalue weighted by molar-refractivity contribution is 0.290. The number of hydrogen-bond donors (Lipinski definition) is 1. The summed E-state index contributed by atoms with van der Waals surface area (Å²) < 4.78 is 0. The third-order valence-corrected chi connectivity index (χ3v) is 4.51. The van der Waals surface area contributed by atoms with Crippen LogP contribution in [-0.4, -0.2) is 11.0 Å². The first-order chi connectivity index (χ1) is 10.3. The maximum absolute atomic E-state index is 4.15. The highest BCUT2D eigenvalue weighted by Gasteiger charge is 2.23. The van der Waals surface area contributed by atoms with Gasteiger partial charge in [-0.2, -0.15) is 0 Å². The first kappa shape index (κ1) is 14.3. The van der Waals surface area contributed by atoms with Gasteiger partial charge in [-0.05, 0) is 42.0 Å². The topological polar surface area (TPSA) is 24.9 Å². The molecular formula is C19H24N2. The summed E-state index contributed by atoms with van der Waals surface area (Å²) in [5, 5.41) is 3.89. The minimum atomic E-state index is 0.268. The number of benzene rings is 1. The summed E-state index contributed by atoms with van der Waals surface area (Å²) in [4.78, 5) is 4.15. The quantitative estimate of drug-likeness (QED) is 0.901. The molecule has 3 unspecified atom stereocenters. The van der Waals surface area contributed by atoms with E-state index >= 15 is 0 Å². The van der Waals surface area contributed by atoms with Crippen molar-refractivity contribution in [3.8, 4) is 0 Å². The van der Waals surface area contributed by atoms with Crippen LogP contribution in [-0.2, 0) is 0 Å². The molecular weight excluding hydrogens is 256 g/mol. The minimum absolute atomic E-state index is 0.268. The Bertz CT molecular complexity index is 499. The Morgan fingerprint density at radius 2 is 1.71 bits per heavy atom. The van der Waals surface area contributed by atoms with Gasteiger partial charge >= 0.3 is 0 Å². The van der Waals surface area contributed by atoms with Gasteiger partial charge in [0.15, 0.2) is 0 Å². The van der Waals surface area contributed by atoms with Crippen LogP contribution in [0.25, 0.3) is 0 Å². The van der Waals surface area contributed by atoms with Crippen molar-refractivity contribution in [3.05, 3.63) is 66.0 Å². The Morgan fingerprint density at radius 1 is 1.00 bits per heavy atom. The number of nitrogens with zero attached hydrogens (tertiary/aromatic N) is 1. The molecule has 1 aromatic carbocycles. The molecule has 1 aromatic heterocycles. The van der Waals surface area contributed by atoms with Crippen molar-refractivity contribution in [1.29, 1.82) is 0 Å². The van der Waals surface area contributed by atoms with E-state index in [2.05, 4.69) is 59.7 Å². The van der Waals surface area contributed by atoms with Crippen LogP contribution in [0.15, 0.2) is 54.9 Å². The Labute approximate surface area is 127 Å². The van der Waals surface area contributed by atoms with E-state index in [9.17, 15) is 0 Å². The maximum Gasteiger partial charge on any atom is 0.0579 e. The first-order valence-corrected chi connectivity index (χ1v) is 8.04. The van der Waals surface area contributed by atoms with Gasteiger partial charge in [0.1, 0.15) is 0 Å². The van der Waals surface area contributed by atoms with Crippen LogP contribution in [0, 0.1) is 5.92 Å². The largest absolute Gasteiger partial charge is 0.303 e. The molecule has 1 heterocycles. The monoisotopic (exact) mass is 280 g/mol. The summed E-state index contributed by atoms with van der Waals surface area (Å²) in [5.74, 6) is 0.838. The van der Waals surface area contributed by atoms with Crippen molar-refractivity contribution in [2.75, 3.05) is 0 Å². The average Bonchev–Trinajstić information content (AvgIpc) is 2.54. The lowest BCUT2D eigenvalue weighted by Crippen LogP contribution is -2.36. The van der Waals surface area contributed by atoms with Gasteiger partial charge in [-0.1, -0.05) is 50.1 Å². The summed E-state index contributed by atoms with van der Waals surface area (Å²) >= 11 is 0. The lowest BCUT2D eigenvalue weighted by Gasteiger charge is -2.32. The predicted octanol–water partition coefficient (Wildman–Crippen LogP) is 4.34. The van der Waals surface area contributed by atoms with Crippen molar-refractivity contribution in [2.24, 2.45) is 5.92 Å². The highest BCUT2D eigenvalue weighted by Crippen LogP contribution is 2.28. The minimum Gasteiger partial charge on any atom is -0.303 e. The molecule has 0 bridgehead atoms. The second-order valence-electron chi connectivity index (χ2n) is 6.26. The second-order valence-corrected chi connectivity index (χ2v) is 6.26. The molecule has 110 valence electrons. The van der Waals surface area contributed by atoms with Gasteiger partial charge in [0, 0.05) is 18.4 Å². The maximum atomic E-state index is 4.15. The van der Waals surface area contributed by atoms with E-state index < -0.39 is 0 Å². The molecule has 1 aliphatic carbocycles. The Morgan fingerprint density at radius 3 is 2.43 bits per heavy atom. The van der Waals surface area contributed by atoms with Gasteiger partial charge in [0.2, 0.25) is 0 Å². The average molecular weight is 280 g/mol. The Kier molecular flexibility index (Phi) is 4.66. The third kappa shape index (κ3) is 3.70. The van der Waals surface area contributed by atoms with Gasteiger partial charge in [0.05, 0.1) is 6.04 Å². The number of aromatic nitrogens is 1. The molecule has 3 rings (SSSR count). The van der Waals surface area contributed by atoms with E-state index in [-0.39, 0.29) is 6.04 Å². The van der Waals surface area contributed by atoms with E-state index in [0.29, 0.717) is 6.04 Å². The molecule has 2 nitrogen and oxygen atoms in total. The smallest absolute Gasteiger partial charge is 0.0579 e. The molecule has 1 aliphatic rings. The zero-order valence-corrected chi connectivity index (χ0v) is 12.7. The molecule has 21 heavy (non-hydrogen) atoms. The van der Waals surface area contributed by atoms with E-state index in [1.54, 1.807) is 0 Å². The fraction of sp³-hybridized carbons (Fsp3) is 0.421. The SMILES string of the molecule is CC1CCCC(NC(c2ccccc2)c2ccncc2)C1. The standard InChI is InChI=1S/C19H24N2/c1-15-6-5-9-18(14-15)21-19(16-7-3-2-4-8-16)17-10-12-20-13-11-17/h2-4,7-8,10-13,15,18-19,21H,5-6,9,14H2,1H3. The molecule has 0 aliphatic heterocycles. The lowest BCUT2D eigenvalue weighted by atomic mass is 9.86. The summed E-state index contributed by atoms with van der Waals surface area (Å²) in [6, 6.07) is 15.9. The van der Waals surface area contributed by atoms with Crippen molar-refractivity contribution >= 4 is 0 Å². The van der Waals surface area contributed by atoms with Gasteiger partial charge in [-0.3, -0.25) is 4.98 Å². The summed E-state index contributed by atoms with van der Waals surface area (Å²) in [7, 11) is 0. The normalized spacial score (nSPS) is 23.7. The van der Waals surface area contributed by atoms with E-state index in [1.165, 1.54) is 36.8 Å². The Hall–Kier alpha value is -1.67. The highest BCUT2D eigenvalue weighted by molar-refractivity contribution is 5.30. The molecule has 1 saturated carbocycles. The first-order valence-electron chi connectivity index (χ1n) is 8.04. The second kappa shape index (κ2) is 6.86. The number of nitrogens with one attached hydrogen (secondary N) is 1. The molecule has 2 aromatic rings.